The smallest absolute Gasteiger partial charge is 0.0473 e. The predicted octanol–water partition coefficient (Wildman–Crippen LogP) is 1.70. The average Bonchev–Trinajstić information content (AvgIpc) is 2.12. The molecular weight excluding hydrogens is 172 g/mol. The third-order valence-electron chi connectivity index (χ3n) is 3.10. The molecule has 14 heavy (non-hydrogen) atoms. The second-order valence-electron chi connectivity index (χ2n) is 4.00. The molecule has 1 aromatic rings. The molecule has 1 heterocycles. The first kappa shape index (κ1) is 9.69. The van der Waals surface area contributed by atoms with Gasteiger partial charge in [-0.2, -0.15) is 0 Å². The van der Waals surface area contributed by atoms with Crippen LogP contribution in [0.3, 0.4) is 0 Å². The number of nitrogens with zero attached hydrogens (tertiary/aromatic N) is 1. The Bertz CT molecular complexity index is 305. The Morgan fingerprint density at radius 3 is 2.57 bits per heavy atom. The van der Waals surface area contributed by atoms with Gasteiger partial charge in [0.15, 0.2) is 0 Å². The van der Waals surface area contributed by atoms with E-state index in [4.69, 9.17) is 5.73 Å². The molecule has 0 aromatic heterocycles. The molecule has 1 aliphatic rings. The Balaban J connectivity index is 2.22. The summed E-state index contributed by atoms with van der Waals surface area (Å²) in [6.45, 7) is 5.30. The fraction of sp³-hybridized carbons (Fsp3) is 0.500. The lowest BCUT2D eigenvalue weighted by Gasteiger charge is -2.38. The van der Waals surface area contributed by atoms with Crippen molar-refractivity contribution in [3.63, 3.8) is 0 Å². The van der Waals surface area contributed by atoms with E-state index in [-0.39, 0.29) is 0 Å². The van der Waals surface area contributed by atoms with Crippen LogP contribution in [0.4, 0.5) is 0 Å². The number of nitrogens with two attached hydrogens (primary N) is 1. The first-order valence-electron chi connectivity index (χ1n) is 5.32. The molecule has 0 aliphatic carbocycles. The lowest BCUT2D eigenvalue weighted by Crippen LogP contribution is -2.43. The van der Waals surface area contributed by atoms with Crippen LogP contribution in [0.1, 0.15) is 23.6 Å². The topological polar surface area (TPSA) is 29.3 Å². The van der Waals surface area contributed by atoms with Crippen LogP contribution in [0.2, 0.25) is 0 Å². The van der Waals surface area contributed by atoms with E-state index in [9.17, 15) is 0 Å². The van der Waals surface area contributed by atoms with E-state index in [1.165, 1.54) is 30.6 Å². The maximum absolute atomic E-state index is 5.84. The standard InChI is InChI=1S/C12H18N2/c1-10-5-2-3-6-11(10)12(9-13)14-7-4-8-14/h2-3,5-6,12H,4,7-9,13H2,1H3. The van der Waals surface area contributed by atoms with Crippen molar-refractivity contribution in [3.8, 4) is 0 Å². The highest BCUT2D eigenvalue weighted by Crippen LogP contribution is 2.26. The molecule has 2 N–H and O–H groups in total. The Kier molecular flexibility index (Phi) is 2.85. The Morgan fingerprint density at radius 1 is 1.36 bits per heavy atom. The molecule has 0 saturated carbocycles. The number of likely N-dealkylation sites (tertiary alicyclic amines) is 1. The third-order valence-corrected chi connectivity index (χ3v) is 3.10. The summed E-state index contributed by atoms with van der Waals surface area (Å²) in [5, 5.41) is 0. The van der Waals surface area contributed by atoms with E-state index in [1.807, 2.05) is 0 Å². The summed E-state index contributed by atoms with van der Waals surface area (Å²) in [5.41, 5.74) is 8.60. The van der Waals surface area contributed by atoms with Crippen molar-refractivity contribution in [3.05, 3.63) is 35.4 Å². The molecule has 1 aliphatic heterocycles. The summed E-state index contributed by atoms with van der Waals surface area (Å²) in [7, 11) is 0. The highest BCUT2D eigenvalue weighted by Gasteiger charge is 2.24. The van der Waals surface area contributed by atoms with Crippen molar-refractivity contribution >= 4 is 0 Å². The van der Waals surface area contributed by atoms with Crippen LogP contribution in [-0.2, 0) is 0 Å². The fourth-order valence-corrected chi connectivity index (χ4v) is 2.09. The molecule has 1 fully saturated rings. The molecule has 1 aromatic carbocycles. The van der Waals surface area contributed by atoms with Gasteiger partial charge in [-0.25, -0.2) is 0 Å². The largest absolute Gasteiger partial charge is 0.329 e. The number of rotatable bonds is 3. The van der Waals surface area contributed by atoms with Gasteiger partial charge in [-0.05, 0) is 24.5 Å². The zero-order chi connectivity index (χ0) is 9.97. The molecule has 0 spiro atoms. The van der Waals surface area contributed by atoms with Crippen molar-refractivity contribution < 1.29 is 0 Å². The molecule has 1 unspecified atom stereocenters. The van der Waals surface area contributed by atoms with Crippen molar-refractivity contribution in [2.24, 2.45) is 5.73 Å². The molecule has 2 heteroatoms. The van der Waals surface area contributed by atoms with Crippen LogP contribution in [0, 0.1) is 6.92 Å². The summed E-state index contributed by atoms with van der Waals surface area (Å²) in [5.74, 6) is 0. The highest BCUT2D eigenvalue weighted by molar-refractivity contribution is 5.29. The Morgan fingerprint density at radius 2 is 2.07 bits per heavy atom. The second kappa shape index (κ2) is 4.11. The zero-order valence-electron chi connectivity index (χ0n) is 8.74. The summed E-state index contributed by atoms with van der Waals surface area (Å²) in [6, 6.07) is 8.99. The first-order chi connectivity index (χ1) is 6.83. The van der Waals surface area contributed by atoms with Crippen molar-refractivity contribution in [2.75, 3.05) is 19.6 Å². The molecule has 1 saturated heterocycles. The molecule has 1 atom stereocenters. The maximum Gasteiger partial charge on any atom is 0.0473 e. The van der Waals surface area contributed by atoms with Gasteiger partial charge in [0.2, 0.25) is 0 Å². The number of hydrogen-bond donors (Lipinski definition) is 1. The van der Waals surface area contributed by atoms with E-state index < -0.39 is 0 Å². The molecule has 0 radical (unpaired) electrons. The molecule has 2 rings (SSSR count). The van der Waals surface area contributed by atoms with Crippen LogP contribution in [0.25, 0.3) is 0 Å². The minimum Gasteiger partial charge on any atom is -0.329 e. The van der Waals surface area contributed by atoms with E-state index in [0.29, 0.717) is 6.04 Å². The van der Waals surface area contributed by atoms with E-state index in [1.54, 1.807) is 0 Å². The highest BCUT2D eigenvalue weighted by atomic mass is 15.2. The Labute approximate surface area is 85.7 Å². The quantitative estimate of drug-likeness (QED) is 0.786. The van der Waals surface area contributed by atoms with Gasteiger partial charge in [0.25, 0.3) is 0 Å². The van der Waals surface area contributed by atoms with Crippen LogP contribution < -0.4 is 5.73 Å². The minimum absolute atomic E-state index is 0.435. The second-order valence-corrected chi connectivity index (χ2v) is 4.00. The lowest BCUT2D eigenvalue weighted by molar-refractivity contribution is 0.122. The fourth-order valence-electron chi connectivity index (χ4n) is 2.09. The van der Waals surface area contributed by atoms with Crippen LogP contribution in [-0.4, -0.2) is 24.5 Å². The molecule has 2 nitrogen and oxygen atoms in total. The minimum atomic E-state index is 0.435. The summed E-state index contributed by atoms with van der Waals surface area (Å²) in [6.07, 6.45) is 1.32. The van der Waals surface area contributed by atoms with E-state index in [0.717, 1.165) is 6.54 Å². The molecule has 76 valence electrons. The monoisotopic (exact) mass is 190 g/mol. The van der Waals surface area contributed by atoms with Gasteiger partial charge in [-0.3, -0.25) is 4.90 Å². The van der Waals surface area contributed by atoms with Crippen LogP contribution in [0.15, 0.2) is 24.3 Å². The van der Waals surface area contributed by atoms with E-state index >= 15 is 0 Å². The summed E-state index contributed by atoms with van der Waals surface area (Å²) in [4.78, 5) is 2.46. The normalized spacial score (nSPS) is 19.0. The number of benzene rings is 1. The Hall–Kier alpha value is -0.860. The number of aryl methyl sites for hydroxylation is 1. The first-order valence-corrected chi connectivity index (χ1v) is 5.32. The van der Waals surface area contributed by atoms with Gasteiger partial charge >= 0.3 is 0 Å². The predicted molar refractivity (Wildman–Crippen MR) is 59.2 cm³/mol. The van der Waals surface area contributed by atoms with E-state index in [2.05, 4.69) is 36.1 Å². The zero-order valence-corrected chi connectivity index (χ0v) is 8.74. The lowest BCUT2D eigenvalue weighted by atomic mass is 9.97. The van der Waals surface area contributed by atoms with Crippen LogP contribution in [0.5, 0.6) is 0 Å². The third kappa shape index (κ3) is 1.68. The SMILES string of the molecule is Cc1ccccc1C(CN)N1CCC1. The molecule has 0 bridgehead atoms. The van der Waals surface area contributed by atoms with Gasteiger partial charge in [0.1, 0.15) is 0 Å². The maximum atomic E-state index is 5.84. The van der Waals surface area contributed by atoms with Gasteiger partial charge < -0.3 is 5.73 Å². The van der Waals surface area contributed by atoms with Gasteiger partial charge in [-0.1, -0.05) is 24.3 Å². The van der Waals surface area contributed by atoms with Crippen molar-refractivity contribution in [1.82, 2.24) is 4.90 Å². The molecular formula is C12H18N2. The van der Waals surface area contributed by atoms with Crippen molar-refractivity contribution in [1.29, 1.82) is 0 Å². The van der Waals surface area contributed by atoms with Gasteiger partial charge in [0.05, 0.1) is 0 Å². The summed E-state index contributed by atoms with van der Waals surface area (Å²) < 4.78 is 0. The van der Waals surface area contributed by atoms with Crippen LogP contribution >= 0.6 is 0 Å². The summed E-state index contributed by atoms with van der Waals surface area (Å²) >= 11 is 0. The van der Waals surface area contributed by atoms with Gasteiger partial charge in [0, 0.05) is 25.7 Å². The van der Waals surface area contributed by atoms with Gasteiger partial charge in [-0.15, -0.1) is 0 Å². The number of hydrogen-bond acceptors (Lipinski definition) is 2. The van der Waals surface area contributed by atoms with Crippen molar-refractivity contribution in [2.45, 2.75) is 19.4 Å². The average molecular weight is 190 g/mol. The molecule has 0 amide bonds.